The van der Waals surface area contributed by atoms with Gasteiger partial charge in [0.15, 0.2) is 0 Å². The lowest BCUT2D eigenvalue weighted by atomic mass is 10.1. The minimum Gasteiger partial charge on any atom is -0.441 e. The first-order valence-corrected chi connectivity index (χ1v) is 8.71. The molecule has 5 nitrogen and oxygen atoms in total. The van der Waals surface area contributed by atoms with Crippen molar-refractivity contribution in [2.75, 3.05) is 6.54 Å². The Labute approximate surface area is 153 Å². The molecule has 0 aliphatic carbocycles. The van der Waals surface area contributed by atoms with Crippen LogP contribution < -0.4 is 10.6 Å². The summed E-state index contributed by atoms with van der Waals surface area (Å²) >= 11 is 0. The summed E-state index contributed by atoms with van der Waals surface area (Å²) in [6.45, 7) is 4.95. The second-order valence-electron chi connectivity index (χ2n) is 6.23. The molecule has 0 aliphatic heterocycles. The van der Waals surface area contributed by atoms with Gasteiger partial charge in [-0.2, -0.15) is 0 Å². The highest BCUT2D eigenvalue weighted by Crippen LogP contribution is 2.22. The highest BCUT2D eigenvalue weighted by molar-refractivity contribution is 5.73. The zero-order chi connectivity index (χ0) is 18.4. The number of carbonyl (C=O) groups excluding carboxylic acids is 1. The van der Waals surface area contributed by atoms with Gasteiger partial charge in [-0.15, -0.1) is 0 Å². The molecule has 134 valence electrons. The fraction of sp³-hybridized carbons (Fsp3) is 0.238. The van der Waals surface area contributed by atoms with E-state index in [-0.39, 0.29) is 6.03 Å². The summed E-state index contributed by atoms with van der Waals surface area (Å²) in [7, 11) is 0. The Morgan fingerprint density at radius 1 is 1.00 bits per heavy atom. The molecule has 3 aromatic rings. The van der Waals surface area contributed by atoms with E-state index in [0.717, 1.165) is 22.6 Å². The molecule has 0 saturated carbocycles. The number of rotatable bonds is 6. The largest absolute Gasteiger partial charge is 0.441 e. The number of aromatic nitrogens is 1. The zero-order valence-electron chi connectivity index (χ0n) is 15.1. The Bertz CT molecular complexity index is 855. The first-order chi connectivity index (χ1) is 12.6. The standard InChI is InChI=1S/C21H23N3O2/c1-15-8-10-18(11-9-15)20-24-19(16(2)26-20)12-13-22-21(25)23-14-17-6-4-3-5-7-17/h3-11H,12-14H2,1-2H3,(H2,22,23,25). The van der Waals surface area contributed by atoms with Gasteiger partial charge in [0.1, 0.15) is 5.76 Å². The maximum Gasteiger partial charge on any atom is 0.315 e. The van der Waals surface area contributed by atoms with Crippen LogP contribution in [0.3, 0.4) is 0 Å². The van der Waals surface area contributed by atoms with Crippen LogP contribution in [0.1, 0.15) is 22.6 Å². The number of carbonyl (C=O) groups is 1. The second kappa shape index (κ2) is 8.34. The lowest BCUT2D eigenvalue weighted by molar-refractivity contribution is 0.240. The van der Waals surface area contributed by atoms with Crippen molar-refractivity contribution < 1.29 is 9.21 Å². The van der Waals surface area contributed by atoms with Gasteiger partial charge in [0, 0.05) is 25.1 Å². The number of oxazole rings is 1. The molecule has 26 heavy (non-hydrogen) atoms. The van der Waals surface area contributed by atoms with Gasteiger partial charge >= 0.3 is 6.03 Å². The van der Waals surface area contributed by atoms with Crippen LogP contribution in [0.15, 0.2) is 59.0 Å². The number of amides is 2. The maximum absolute atomic E-state index is 11.9. The van der Waals surface area contributed by atoms with E-state index >= 15 is 0 Å². The van der Waals surface area contributed by atoms with Crippen molar-refractivity contribution in [3.8, 4) is 11.5 Å². The molecule has 2 N–H and O–H groups in total. The van der Waals surface area contributed by atoms with Crippen LogP contribution in [0.2, 0.25) is 0 Å². The van der Waals surface area contributed by atoms with E-state index in [4.69, 9.17) is 4.42 Å². The third-order valence-electron chi connectivity index (χ3n) is 4.13. The lowest BCUT2D eigenvalue weighted by Crippen LogP contribution is -2.36. The van der Waals surface area contributed by atoms with Crippen molar-refractivity contribution in [3.63, 3.8) is 0 Å². The minimum atomic E-state index is -0.186. The van der Waals surface area contributed by atoms with Gasteiger partial charge in [0.05, 0.1) is 5.69 Å². The van der Waals surface area contributed by atoms with Gasteiger partial charge in [0.2, 0.25) is 5.89 Å². The fourth-order valence-corrected chi connectivity index (χ4v) is 2.61. The molecule has 0 saturated heterocycles. The number of nitrogens with zero attached hydrogens (tertiary/aromatic N) is 1. The number of nitrogens with one attached hydrogen (secondary N) is 2. The summed E-state index contributed by atoms with van der Waals surface area (Å²) in [6, 6.07) is 17.7. The summed E-state index contributed by atoms with van der Waals surface area (Å²) in [5.41, 5.74) is 4.09. The van der Waals surface area contributed by atoms with Crippen molar-refractivity contribution in [3.05, 3.63) is 77.2 Å². The molecule has 5 heteroatoms. The lowest BCUT2D eigenvalue weighted by Gasteiger charge is -2.07. The molecular weight excluding hydrogens is 326 g/mol. The van der Waals surface area contributed by atoms with Crippen LogP contribution in [-0.4, -0.2) is 17.6 Å². The third-order valence-corrected chi connectivity index (χ3v) is 4.13. The first-order valence-electron chi connectivity index (χ1n) is 8.71. The first kappa shape index (κ1) is 17.7. The van der Waals surface area contributed by atoms with Crippen molar-refractivity contribution in [2.45, 2.75) is 26.8 Å². The van der Waals surface area contributed by atoms with Crippen molar-refractivity contribution >= 4 is 6.03 Å². The molecule has 0 aliphatic rings. The Morgan fingerprint density at radius 2 is 1.73 bits per heavy atom. The number of urea groups is 1. The van der Waals surface area contributed by atoms with Crippen LogP contribution >= 0.6 is 0 Å². The summed E-state index contributed by atoms with van der Waals surface area (Å²) < 4.78 is 5.76. The molecule has 0 atom stereocenters. The normalized spacial score (nSPS) is 10.5. The molecule has 2 aromatic carbocycles. The Balaban J connectivity index is 1.49. The van der Waals surface area contributed by atoms with Crippen LogP contribution in [0.5, 0.6) is 0 Å². The SMILES string of the molecule is Cc1ccc(-c2nc(CCNC(=O)NCc3ccccc3)c(C)o2)cc1. The quantitative estimate of drug-likeness (QED) is 0.707. The molecule has 1 aromatic heterocycles. The van der Waals surface area contributed by atoms with E-state index in [0.29, 0.717) is 25.4 Å². The number of hydrogen-bond donors (Lipinski definition) is 2. The maximum atomic E-state index is 11.9. The molecule has 0 radical (unpaired) electrons. The Morgan fingerprint density at radius 3 is 2.46 bits per heavy atom. The molecule has 0 spiro atoms. The number of benzene rings is 2. The van der Waals surface area contributed by atoms with Gasteiger partial charge in [-0.3, -0.25) is 0 Å². The predicted molar refractivity (Wildman–Crippen MR) is 102 cm³/mol. The second-order valence-corrected chi connectivity index (χ2v) is 6.23. The Hall–Kier alpha value is -3.08. The fourth-order valence-electron chi connectivity index (χ4n) is 2.61. The van der Waals surface area contributed by atoms with E-state index in [1.54, 1.807) is 0 Å². The van der Waals surface area contributed by atoms with Crippen LogP contribution in [0.25, 0.3) is 11.5 Å². The highest BCUT2D eigenvalue weighted by Gasteiger charge is 2.11. The highest BCUT2D eigenvalue weighted by atomic mass is 16.4. The van der Waals surface area contributed by atoms with Crippen molar-refractivity contribution in [1.29, 1.82) is 0 Å². The van der Waals surface area contributed by atoms with Crippen LogP contribution in [0.4, 0.5) is 4.79 Å². The van der Waals surface area contributed by atoms with E-state index in [1.807, 2.05) is 68.4 Å². The van der Waals surface area contributed by atoms with Gasteiger partial charge in [0.25, 0.3) is 0 Å². The van der Waals surface area contributed by atoms with E-state index < -0.39 is 0 Å². The minimum absolute atomic E-state index is 0.186. The van der Waals surface area contributed by atoms with E-state index in [9.17, 15) is 4.79 Å². The zero-order valence-corrected chi connectivity index (χ0v) is 15.1. The van der Waals surface area contributed by atoms with Crippen LogP contribution in [-0.2, 0) is 13.0 Å². The van der Waals surface area contributed by atoms with E-state index in [1.165, 1.54) is 5.56 Å². The molecule has 2 amide bonds. The smallest absolute Gasteiger partial charge is 0.315 e. The summed E-state index contributed by atoms with van der Waals surface area (Å²) in [5, 5.41) is 5.70. The van der Waals surface area contributed by atoms with E-state index in [2.05, 4.69) is 15.6 Å². The summed E-state index contributed by atoms with van der Waals surface area (Å²) in [5.74, 6) is 1.40. The number of aryl methyl sites for hydroxylation is 2. The van der Waals surface area contributed by atoms with Gasteiger partial charge in [-0.25, -0.2) is 9.78 Å². The van der Waals surface area contributed by atoms with Crippen LogP contribution in [0, 0.1) is 13.8 Å². The summed E-state index contributed by atoms with van der Waals surface area (Å²) in [6.07, 6.45) is 0.625. The molecule has 3 rings (SSSR count). The molecule has 0 unspecified atom stereocenters. The molecular formula is C21H23N3O2. The number of hydrogen-bond acceptors (Lipinski definition) is 3. The monoisotopic (exact) mass is 349 g/mol. The third kappa shape index (κ3) is 4.72. The van der Waals surface area contributed by atoms with Gasteiger partial charge in [-0.1, -0.05) is 48.0 Å². The van der Waals surface area contributed by atoms with Gasteiger partial charge in [-0.05, 0) is 31.5 Å². The molecule has 0 fully saturated rings. The molecule has 0 bridgehead atoms. The van der Waals surface area contributed by atoms with Crippen molar-refractivity contribution in [1.82, 2.24) is 15.6 Å². The summed E-state index contributed by atoms with van der Waals surface area (Å²) in [4.78, 5) is 16.4. The average molecular weight is 349 g/mol. The molecule has 1 heterocycles. The van der Waals surface area contributed by atoms with Gasteiger partial charge < -0.3 is 15.1 Å². The predicted octanol–water partition coefficient (Wildman–Crippen LogP) is 4.00. The van der Waals surface area contributed by atoms with Crippen molar-refractivity contribution in [2.24, 2.45) is 0 Å². The topological polar surface area (TPSA) is 67.2 Å². The Kier molecular flexibility index (Phi) is 5.69. The average Bonchev–Trinajstić information content (AvgIpc) is 3.02.